The quantitative estimate of drug-likeness (QED) is 0.593. The summed E-state index contributed by atoms with van der Waals surface area (Å²) in [6, 6.07) is 6.95. The van der Waals surface area contributed by atoms with E-state index in [0.29, 0.717) is 17.2 Å². The molecule has 0 aliphatic heterocycles. The summed E-state index contributed by atoms with van der Waals surface area (Å²) in [4.78, 5) is 11.6. The summed E-state index contributed by atoms with van der Waals surface area (Å²) >= 11 is 5.82. The van der Waals surface area contributed by atoms with Crippen molar-refractivity contribution in [2.75, 3.05) is 0 Å². The third kappa shape index (κ3) is 4.04. The molecule has 3 heteroatoms. The molecule has 0 amide bonds. The monoisotopic (exact) mass is 252 g/mol. The molecule has 0 unspecified atom stereocenters. The van der Waals surface area contributed by atoms with Crippen LogP contribution in [-0.2, 0) is 4.79 Å². The number of hydrogen-bond acceptors (Lipinski definition) is 2. The largest absolute Gasteiger partial charge is 0.426 e. The highest BCUT2D eigenvalue weighted by Gasteiger charge is 2.16. The van der Waals surface area contributed by atoms with Gasteiger partial charge in [0.15, 0.2) is 0 Å². The van der Waals surface area contributed by atoms with Crippen molar-refractivity contribution in [2.24, 2.45) is 5.92 Å². The van der Waals surface area contributed by atoms with Crippen LogP contribution in [0.25, 0.3) is 0 Å². The SMILES string of the molecule is O=C(CCC1CCCC1)Oc1cccc(Cl)c1. The molecule has 2 rings (SSSR count). The predicted molar refractivity (Wildman–Crippen MR) is 68.3 cm³/mol. The van der Waals surface area contributed by atoms with Crippen LogP contribution in [0.1, 0.15) is 38.5 Å². The van der Waals surface area contributed by atoms with Crippen LogP contribution in [0.15, 0.2) is 24.3 Å². The van der Waals surface area contributed by atoms with E-state index in [2.05, 4.69) is 0 Å². The van der Waals surface area contributed by atoms with Gasteiger partial charge < -0.3 is 4.74 Å². The third-order valence-corrected chi connectivity index (χ3v) is 3.49. The zero-order valence-corrected chi connectivity index (χ0v) is 10.6. The van der Waals surface area contributed by atoms with Gasteiger partial charge in [0, 0.05) is 11.4 Å². The smallest absolute Gasteiger partial charge is 0.311 e. The van der Waals surface area contributed by atoms with Gasteiger partial charge in [-0.15, -0.1) is 0 Å². The number of halogens is 1. The van der Waals surface area contributed by atoms with Crippen LogP contribution in [0.4, 0.5) is 0 Å². The van der Waals surface area contributed by atoms with E-state index in [1.54, 1.807) is 24.3 Å². The van der Waals surface area contributed by atoms with E-state index in [1.807, 2.05) is 0 Å². The fraction of sp³-hybridized carbons (Fsp3) is 0.500. The van der Waals surface area contributed by atoms with Gasteiger partial charge in [-0.1, -0.05) is 43.4 Å². The molecular formula is C14H17ClO2. The Labute approximate surface area is 107 Å². The summed E-state index contributed by atoms with van der Waals surface area (Å²) in [5.41, 5.74) is 0. The summed E-state index contributed by atoms with van der Waals surface area (Å²) in [6.45, 7) is 0. The predicted octanol–water partition coefficient (Wildman–Crippen LogP) is 4.22. The third-order valence-electron chi connectivity index (χ3n) is 3.26. The molecule has 1 aromatic rings. The van der Waals surface area contributed by atoms with Gasteiger partial charge in [-0.05, 0) is 30.5 Å². The van der Waals surface area contributed by atoms with E-state index in [4.69, 9.17) is 16.3 Å². The van der Waals surface area contributed by atoms with Gasteiger partial charge in [-0.3, -0.25) is 4.79 Å². The molecule has 0 N–H and O–H groups in total. The lowest BCUT2D eigenvalue weighted by atomic mass is 10.0. The number of benzene rings is 1. The summed E-state index contributed by atoms with van der Waals surface area (Å²) in [5, 5.41) is 0.589. The van der Waals surface area contributed by atoms with Gasteiger partial charge in [-0.25, -0.2) is 0 Å². The van der Waals surface area contributed by atoms with Crippen LogP contribution >= 0.6 is 11.6 Å². The van der Waals surface area contributed by atoms with Crippen LogP contribution in [0, 0.1) is 5.92 Å². The molecule has 0 aromatic heterocycles. The highest BCUT2D eigenvalue weighted by atomic mass is 35.5. The zero-order valence-electron chi connectivity index (χ0n) is 9.82. The summed E-state index contributed by atoms with van der Waals surface area (Å²) < 4.78 is 5.23. The second-order valence-corrected chi connectivity index (χ2v) is 5.06. The fourth-order valence-electron chi connectivity index (χ4n) is 2.33. The molecule has 0 radical (unpaired) electrons. The number of hydrogen-bond donors (Lipinski definition) is 0. The zero-order chi connectivity index (χ0) is 12.1. The number of carbonyl (C=O) groups excluding carboxylic acids is 1. The highest BCUT2D eigenvalue weighted by Crippen LogP contribution is 2.28. The van der Waals surface area contributed by atoms with Gasteiger partial charge in [0.25, 0.3) is 0 Å². The number of carbonyl (C=O) groups is 1. The normalized spacial score (nSPS) is 16.1. The summed E-state index contributed by atoms with van der Waals surface area (Å²) in [7, 11) is 0. The molecule has 1 fully saturated rings. The first-order chi connectivity index (χ1) is 8.24. The van der Waals surface area contributed by atoms with Gasteiger partial charge in [0.2, 0.25) is 0 Å². The Morgan fingerprint density at radius 3 is 2.82 bits per heavy atom. The lowest BCUT2D eigenvalue weighted by Gasteiger charge is -2.08. The first-order valence-electron chi connectivity index (χ1n) is 6.20. The molecule has 1 saturated carbocycles. The molecule has 92 valence electrons. The second kappa shape index (κ2) is 6.06. The van der Waals surface area contributed by atoms with Crippen LogP contribution in [0.5, 0.6) is 5.75 Å². The number of rotatable bonds is 4. The van der Waals surface area contributed by atoms with Crippen molar-refractivity contribution >= 4 is 17.6 Å². The minimum Gasteiger partial charge on any atom is -0.426 e. The average molecular weight is 253 g/mol. The summed E-state index contributed by atoms with van der Waals surface area (Å²) in [5.74, 6) is 1.11. The molecule has 17 heavy (non-hydrogen) atoms. The Morgan fingerprint density at radius 2 is 2.12 bits per heavy atom. The summed E-state index contributed by atoms with van der Waals surface area (Å²) in [6.07, 6.45) is 6.63. The molecule has 0 saturated heterocycles. The molecule has 2 nitrogen and oxygen atoms in total. The highest BCUT2D eigenvalue weighted by molar-refractivity contribution is 6.30. The molecule has 1 aromatic carbocycles. The molecule has 0 bridgehead atoms. The molecule has 0 atom stereocenters. The Hall–Kier alpha value is -1.02. The molecular weight excluding hydrogens is 236 g/mol. The Balaban J connectivity index is 1.76. The van der Waals surface area contributed by atoms with E-state index in [9.17, 15) is 4.79 Å². The van der Waals surface area contributed by atoms with Crippen molar-refractivity contribution in [3.63, 3.8) is 0 Å². The van der Waals surface area contributed by atoms with Crippen LogP contribution in [0.3, 0.4) is 0 Å². The van der Waals surface area contributed by atoms with Crippen LogP contribution in [-0.4, -0.2) is 5.97 Å². The van der Waals surface area contributed by atoms with Crippen molar-refractivity contribution < 1.29 is 9.53 Å². The lowest BCUT2D eigenvalue weighted by Crippen LogP contribution is -2.09. The van der Waals surface area contributed by atoms with Crippen molar-refractivity contribution in [2.45, 2.75) is 38.5 Å². The van der Waals surface area contributed by atoms with Gasteiger partial charge in [0.1, 0.15) is 5.75 Å². The van der Waals surface area contributed by atoms with E-state index >= 15 is 0 Å². The van der Waals surface area contributed by atoms with Crippen molar-refractivity contribution in [3.8, 4) is 5.75 Å². The minimum absolute atomic E-state index is 0.154. The Bertz CT molecular complexity index is 384. The van der Waals surface area contributed by atoms with Gasteiger partial charge in [0.05, 0.1) is 0 Å². The molecule has 0 spiro atoms. The van der Waals surface area contributed by atoms with E-state index in [0.717, 1.165) is 12.3 Å². The van der Waals surface area contributed by atoms with Crippen molar-refractivity contribution in [3.05, 3.63) is 29.3 Å². The van der Waals surface area contributed by atoms with Gasteiger partial charge in [-0.2, -0.15) is 0 Å². The standard InChI is InChI=1S/C14H17ClO2/c15-12-6-3-7-13(10-12)17-14(16)9-8-11-4-1-2-5-11/h3,6-7,10-11H,1-2,4-5,8-9H2. The fourth-order valence-corrected chi connectivity index (χ4v) is 2.51. The first kappa shape index (κ1) is 12.4. The topological polar surface area (TPSA) is 26.3 Å². The minimum atomic E-state index is -0.154. The Kier molecular flexibility index (Phi) is 4.43. The second-order valence-electron chi connectivity index (χ2n) is 4.62. The first-order valence-corrected chi connectivity index (χ1v) is 6.58. The van der Waals surface area contributed by atoms with E-state index < -0.39 is 0 Å². The number of ether oxygens (including phenoxy) is 1. The van der Waals surface area contributed by atoms with Crippen molar-refractivity contribution in [1.82, 2.24) is 0 Å². The Morgan fingerprint density at radius 1 is 1.35 bits per heavy atom. The maximum atomic E-state index is 11.6. The maximum absolute atomic E-state index is 11.6. The molecule has 1 aliphatic rings. The number of esters is 1. The molecule has 0 heterocycles. The van der Waals surface area contributed by atoms with Crippen LogP contribution in [0.2, 0.25) is 5.02 Å². The van der Waals surface area contributed by atoms with E-state index in [1.165, 1.54) is 25.7 Å². The molecule has 1 aliphatic carbocycles. The van der Waals surface area contributed by atoms with Crippen LogP contribution < -0.4 is 4.74 Å². The van der Waals surface area contributed by atoms with Crippen molar-refractivity contribution in [1.29, 1.82) is 0 Å². The maximum Gasteiger partial charge on any atom is 0.311 e. The lowest BCUT2D eigenvalue weighted by molar-refractivity contribution is -0.134. The average Bonchev–Trinajstić information content (AvgIpc) is 2.79. The van der Waals surface area contributed by atoms with Gasteiger partial charge >= 0.3 is 5.97 Å². The van der Waals surface area contributed by atoms with E-state index in [-0.39, 0.29) is 5.97 Å².